The van der Waals surface area contributed by atoms with Crippen LogP contribution in [0, 0.1) is 0 Å². The lowest BCUT2D eigenvalue weighted by atomic mass is 10.4. The monoisotopic (exact) mass is 212 g/mol. The predicted octanol–water partition coefficient (Wildman–Crippen LogP) is 3.80. The van der Waals surface area contributed by atoms with Crippen LogP contribution in [0.1, 0.15) is 18.7 Å². The number of thiophene rings is 1. The van der Waals surface area contributed by atoms with Crippen LogP contribution >= 0.6 is 11.3 Å². The molecule has 0 unspecified atom stereocenters. The van der Waals surface area contributed by atoms with E-state index in [1.54, 1.807) is 0 Å². The van der Waals surface area contributed by atoms with Crippen molar-refractivity contribution in [1.29, 1.82) is 0 Å². The van der Waals surface area contributed by atoms with Crippen molar-refractivity contribution in [3.8, 4) is 5.75 Å². The topological polar surface area (TPSA) is 9.23 Å². The summed E-state index contributed by atoms with van der Waals surface area (Å²) in [6, 6.07) is 0.977. The number of rotatable bonds is 1. The van der Waals surface area contributed by atoms with Gasteiger partial charge in [0.15, 0.2) is 0 Å². The Balaban J connectivity index is 0.000000671. The number of halogens is 3. The van der Waals surface area contributed by atoms with Gasteiger partial charge in [-0.05, 0) is 0 Å². The SMILES string of the molecule is CC.COc1csc(C(F)(F)F)c1. The summed E-state index contributed by atoms with van der Waals surface area (Å²) in [5, 5.41) is 1.32. The van der Waals surface area contributed by atoms with Crippen LogP contribution in [-0.2, 0) is 6.18 Å². The fraction of sp³-hybridized carbons (Fsp3) is 0.500. The summed E-state index contributed by atoms with van der Waals surface area (Å²) in [6.45, 7) is 4.00. The van der Waals surface area contributed by atoms with E-state index in [2.05, 4.69) is 4.74 Å². The summed E-state index contributed by atoms with van der Waals surface area (Å²) >= 11 is 0.631. The van der Waals surface area contributed by atoms with Gasteiger partial charge in [-0.25, -0.2) is 0 Å². The highest BCUT2D eigenvalue weighted by atomic mass is 32.1. The zero-order valence-corrected chi connectivity index (χ0v) is 8.42. The Morgan fingerprint density at radius 2 is 1.85 bits per heavy atom. The van der Waals surface area contributed by atoms with Gasteiger partial charge in [0.1, 0.15) is 10.6 Å². The molecule has 1 aromatic heterocycles. The second kappa shape index (κ2) is 5.11. The Hall–Kier alpha value is -0.710. The van der Waals surface area contributed by atoms with Crippen molar-refractivity contribution < 1.29 is 17.9 Å². The molecule has 1 heterocycles. The lowest BCUT2D eigenvalue weighted by Gasteiger charge is -1.99. The number of alkyl halides is 3. The fourth-order valence-corrected chi connectivity index (χ4v) is 1.30. The maximum Gasteiger partial charge on any atom is 0.425 e. The molecule has 0 spiro atoms. The molecule has 0 saturated carbocycles. The summed E-state index contributed by atoms with van der Waals surface area (Å²) in [4.78, 5) is -0.630. The first-order valence-corrected chi connectivity index (χ1v) is 4.61. The normalized spacial score (nSPS) is 10.3. The Labute approximate surface area is 79.1 Å². The number of hydrogen-bond acceptors (Lipinski definition) is 2. The lowest BCUT2D eigenvalue weighted by molar-refractivity contribution is -0.134. The van der Waals surface area contributed by atoms with Crippen LogP contribution in [0.4, 0.5) is 13.2 Å². The van der Waals surface area contributed by atoms with E-state index in [1.807, 2.05) is 13.8 Å². The molecule has 0 aliphatic rings. The van der Waals surface area contributed by atoms with E-state index in [4.69, 9.17) is 0 Å². The van der Waals surface area contributed by atoms with E-state index in [-0.39, 0.29) is 5.75 Å². The van der Waals surface area contributed by atoms with Gasteiger partial charge >= 0.3 is 6.18 Å². The van der Waals surface area contributed by atoms with Crippen LogP contribution in [0.2, 0.25) is 0 Å². The second-order valence-corrected chi connectivity index (χ2v) is 2.76. The van der Waals surface area contributed by atoms with Gasteiger partial charge in [0.05, 0.1) is 7.11 Å². The first-order chi connectivity index (χ1) is 6.04. The summed E-state index contributed by atoms with van der Waals surface area (Å²) in [5.74, 6) is 0.252. The Morgan fingerprint density at radius 3 is 2.08 bits per heavy atom. The van der Waals surface area contributed by atoms with Gasteiger partial charge < -0.3 is 4.74 Å². The maximum atomic E-state index is 11.9. The van der Waals surface area contributed by atoms with Crippen molar-refractivity contribution in [3.05, 3.63) is 16.3 Å². The van der Waals surface area contributed by atoms with Crippen molar-refractivity contribution in [2.75, 3.05) is 7.11 Å². The molecule has 1 aromatic rings. The van der Waals surface area contributed by atoms with Crippen LogP contribution < -0.4 is 4.74 Å². The van der Waals surface area contributed by atoms with Gasteiger partial charge in [-0.15, -0.1) is 11.3 Å². The molecule has 0 radical (unpaired) electrons. The van der Waals surface area contributed by atoms with E-state index >= 15 is 0 Å². The van der Waals surface area contributed by atoms with E-state index in [1.165, 1.54) is 12.5 Å². The minimum absolute atomic E-state index is 0.252. The first kappa shape index (κ1) is 12.3. The molecule has 0 aliphatic heterocycles. The van der Waals surface area contributed by atoms with Gasteiger partial charge in [-0.2, -0.15) is 13.2 Å². The molecule has 1 rings (SSSR count). The highest BCUT2D eigenvalue weighted by Crippen LogP contribution is 2.36. The van der Waals surface area contributed by atoms with Gasteiger partial charge in [0.2, 0.25) is 0 Å². The molecular weight excluding hydrogens is 201 g/mol. The summed E-state index contributed by atoms with van der Waals surface area (Å²) in [7, 11) is 1.34. The van der Waals surface area contributed by atoms with Gasteiger partial charge in [0.25, 0.3) is 0 Å². The predicted molar refractivity (Wildman–Crippen MR) is 47.2 cm³/mol. The molecular formula is C8H11F3OS. The lowest BCUT2D eigenvalue weighted by Crippen LogP contribution is -2.00. The minimum Gasteiger partial charge on any atom is -0.496 e. The third kappa shape index (κ3) is 3.67. The zero-order valence-electron chi connectivity index (χ0n) is 7.61. The quantitative estimate of drug-likeness (QED) is 0.688. The number of ether oxygens (including phenoxy) is 1. The maximum absolute atomic E-state index is 11.9. The molecule has 0 aliphatic carbocycles. The largest absolute Gasteiger partial charge is 0.496 e. The third-order valence-electron chi connectivity index (χ3n) is 1.09. The van der Waals surface area contributed by atoms with Crippen LogP contribution in [0.3, 0.4) is 0 Å². The van der Waals surface area contributed by atoms with Crippen molar-refractivity contribution in [3.63, 3.8) is 0 Å². The Morgan fingerprint density at radius 1 is 1.31 bits per heavy atom. The van der Waals surface area contributed by atoms with Crippen molar-refractivity contribution in [2.45, 2.75) is 20.0 Å². The molecule has 0 amide bonds. The standard InChI is InChI=1S/C6H5F3OS.C2H6/c1-10-4-2-5(11-3-4)6(7,8)9;1-2/h2-3H,1H3;1-2H3. The third-order valence-corrected chi connectivity index (χ3v) is 2.04. The average Bonchev–Trinajstić information content (AvgIpc) is 2.54. The molecule has 0 aromatic carbocycles. The van der Waals surface area contributed by atoms with Gasteiger partial charge in [-0.3, -0.25) is 0 Å². The van der Waals surface area contributed by atoms with Crippen molar-refractivity contribution in [2.24, 2.45) is 0 Å². The first-order valence-electron chi connectivity index (χ1n) is 3.74. The molecule has 0 atom stereocenters. The minimum atomic E-state index is -4.25. The summed E-state index contributed by atoms with van der Waals surface area (Å²) < 4.78 is 40.3. The van der Waals surface area contributed by atoms with Crippen LogP contribution in [0.5, 0.6) is 5.75 Å². The van der Waals surface area contributed by atoms with Gasteiger partial charge in [-0.1, -0.05) is 13.8 Å². The van der Waals surface area contributed by atoms with E-state index in [0.717, 1.165) is 6.07 Å². The zero-order chi connectivity index (χ0) is 10.5. The molecule has 5 heteroatoms. The molecule has 76 valence electrons. The summed E-state index contributed by atoms with van der Waals surface area (Å²) in [5.41, 5.74) is 0. The van der Waals surface area contributed by atoms with Crippen LogP contribution in [-0.4, -0.2) is 7.11 Å². The molecule has 0 saturated heterocycles. The molecule has 13 heavy (non-hydrogen) atoms. The number of hydrogen-bond donors (Lipinski definition) is 0. The number of methoxy groups -OCH3 is 1. The average molecular weight is 212 g/mol. The highest BCUT2D eigenvalue weighted by Gasteiger charge is 2.32. The fourth-order valence-electron chi connectivity index (χ4n) is 0.574. The smallest absolute Gasteiger partial charge is 0.425 e. The molecule has 0 fully saturated rings. The molecule has 0 bridgehead atoms. The van der Waals surface area contributed by atoms with E-state index < -0.39 is 11.1 Å². The molecule has 1 nitrogen and oxygen atoms in total. The second-order valence-electron chi connectivity index (χ2n) is 1.85. The summed E-state index contributed by atoms with van der Waals surface area (Å²) in [6.07, 6.45) is -4.25. The highest BCUT2D eigenvalue weighted by molar-refractivity contribution is 7.10. The Kier molecular flexibility index (Phi) is 4.83. The van der Waals surface area contributed by atoms with Gasteiger partial charge in [0, 0.05) is 11.4 Å². The Bertz CT molecular complexity index is 242. The van der Waals surface area contributed by atoms with Crippen molar-refractivity contribution >= 4 is 11.3 Å². The molecule has 0 N–H and O–H groups in total. The van der Waals surface area contributed by atoms with Crippen LogP contribution in [0.25, 0.3) is 0 Å². The van der Waals surface area contributed by atoms with E-state index in [0.29, 0.717) is 11.3 Å². The van der Waals surface area contributed by atoms with Crippen molar-refractivity contribution in [1.82, 2.24) is 0 Å². The van der Waals surface area contributed by atoms with Crippen LogP contribution in [0.15, 0.2) is 11.4 Å². The van der Waals surface area contributed by atoms with E-state index in [9.17, 15) is 13.2 Å².